The molecule has 3 N–H and O–H groups in total. The molecule has 1 atom stereocenters. The number of rotatable bonds is 8. The van der Waals surface area contributed by atoms with E-state index in [4.69, 9.17) is 10.5 Å². The van der Waals surface area contributed by atoms with E-state index < -0.39 is 67.9 Å². The molecule has 1 amide bonds. The topological polar surface area (TPSA) is 119 Å². The SMILES string of the molecule is CC(C)C[C@H](N)C(=O)OC1CCN(S(=O)(=O)c2cc(C(=O)Nc3cc(F)c(F)c(F)c3)ccc2F)CC1. The second-order valence-electron chi connectivity index (χ2n) is 9.13. The van der Waals surface area contributed by atoms with E-state index >= 15 is 0 Å². The minimum absolute atomic E-state index is 0.0658. The van der Waals surface area contributed by atoms with Crippen LogP contribution in [0.2, 0.25) is 0 Å². The largest absolute Gasteiger partial charge is 0.461 e. The summed E-state index contributed by atoms with van der Waals surface area (Å²) in [5.41, 5.74) is 5.10. The first kappa shape index (κ1) is 28.5. The number of carbonyl (C=O) groups excluding carboxylic acids is 2. The van der Waals surface area contributed by atoms with E-state index in [1.54, 1.807) is 0 Å². The third-order valence-electron chi connectivity index (χ3n) is 5.76. The second-order valence-corrected chi connectivity index (χ2v) is 11.0. The molecule has 8 nitrogen and oxygen atoms in total. The Labute approximate surface area is 211 Å². The molecule has 13 heteroatoms. The molecule has 0 spiro atoms. The van der Waals surface area contributed by atoms with Crippen molar-refractivity contribution >= 4 is 27.6 Å². The van der Waals surface area contributed by atoms with Crippen molar-refractivity contribution in [1.82, 2.24) is 4.31 Å². The predicted molar refractivity (Wildman–Crippen MR) is 126 cm³/mol. The number of halogens is 4. The van der Waals surface area contributed by atoms with Gasteiger partial charge in [-0.1, -0.05) is 13.8 Å². The van der Waals surface area contributed by atoms with Gasteiger partial charge in [-0.2, -0.15) is 4.31 Å². The summed E-state index contributed by atoms with van der Waals surface area (Å²) in [4.78, 5) is 23.9. The number of anilines is 1. The molecule has 37 heavy (non-hydrogen) atoms. The highest BCUT2D eigenvalue weighted by Crippen LogP contribution is 2.26. The molecule has 3 rings (SSSR count). The molecular weight excluding hydrogens is 518 g/mol. The van der Waals surface area contributed by atoms with Crippen LogP contribution in [0.25, 0.3) is 0 Å². The van der Waals surface area contributed by atoms with Gasteiger partial charge in [-0.3, -0.25) is 9.59 Å². The summed E-state index contributed by atoms with van der Waals surface area (Å²) < 4.78 is 87.1. The molecule has 2 aromatic rings. The Bertz CT molecular complexity index is 1260. The van der Waals surface area contributed by atoms with Crippen LogP contribution >= 0.6 is 0 Å². The minimum Gasteiger partial charge on any atom is -0.461 e. The van der Waals surface area contributed by atoms with Crippen LogP contribution in [0, 0.1) is 29.2 Å². The predicted octanol–water partition coefficient (Wildman–Crippen LogP) is 3.57. The Morgan fingerprint density at radius 1 is 1.05 bits per heavy atom. The Morgan fingerprint density at radius 3 is 2.22 bits per heavy atom. The van der Waals surface area contributed by atoms with Crippen molar-refractivity contribution in [2.24, 2.45) is 11.7 Å². The average molecular weight is 546 g/mol. The van der Waals surface area contributed by atoms with Crippen LogP contribution in [0.1, 0.15) is 43.5 Å². The standard InChI is InChI=1S/C24H27F4N3O5S/c1-13(2)9-20(29)24(33)36-16-5-7-31(8-6-16)37(34,35)21-10-14(3-4-17(21)25)23(32)30-15-11-18(26)22(28)19(27)12-15/h3-4,10-13,16,20H,5-9,29H2,1-2H3,(H,30,32)/t20-/m0/s1. The van der Waals surface area contributed by atoms with Crippen LogP contribution < -0.4 is 11.1 Å². The molecule has 1 aliphatic heterocycles. The van der Waals surface area contributed by atoms with Gasteiger partial charge in [0.15, 0.2) is 17.5 Å². The Balaban J connectivity index is 1.70. The first-order valence-electron chi connectivity index (χ1n) is 11.5. The zero-order valence-electron chi connectivity index (χ0n) is 20.1. The van der Waals surface area contributed by atoms with Crippen LogP contribution in [-0.4, -0.2) is 49.8 Å². The molecule has 0 bridgehead atoms. The number of ether oxygens (including phenoxy) is 1. The first-order valence-corrected chi connectivity index (χ1v) is 12.9. The molecule has 2 aromatic carbocycles. The molecule has 1 heterocycles. The molecular formula is C24H27F4N3O5S. The maximum atomic E-state index is 14.5. The second kappa shape index (κ2) is 11.6. The zero-order chi connectivity index (χ0) is 27.5. The van der Waals surface area contributed by atoms with E-state index in [2.05, 4.69) is 5.32 Å². The number of amides is 1. The molecule has 0 aliphatic carbocycles. The number of hydrogen-bond donors (Lipinski definition) is 2. The smallest absolute Gasteiger partial charge is 0.323 e. The van der Waals surface area contributed by atoms with Gasteiger partial charge in [-0.15, -0.1) is 0 Å². The lowest BCUT2D eigenvalue weighted by Gasteiger charge is -2.31. The Hall–Kier alpha value is -3.03. The van der Waals surface area contributed by atoms with Crippen LogP contribution in [0.3, 0.4) is 0 Å². The highest BCUT2D eigenvalue weighted by Gasteiger charge is 2.33. The number of esters is 1. The van der Waals surface area contributed by atoms with E-state index in [-0.39, 0.29) is 37.4 Å². The summed E-state index contributed by atoms with van der Waals surface area (Å²) >= 11 is 0. The Morgan fingerprint density at radius 2 is 1.65 bits per heavy atom. The quantitative estimate of drug-likeness (QED) is 0.298. The third-order valence-corrected chi connectivity index (χ3v) is 7.68. The van der Waals surface area contributed by atoms with Crippen molar-refractivity contribution in [2.75, 3.05) is 18.4 Å². The molecule has 0 saturated carbocycles. The molecule has 0 aromatic heterocycles. The van der Waals surface area contributed by atoms with Gasteiger partial charge in [0.1, 0.15) is 22.9 Å². The van der Waals surface area contributed by atoms with E-state index in [1.165, 1.54) is 0 Å². The van der Waals surface area contributed by atoms with Crippen LogP contribution in [0.15, 0.2) is 35.2 Å². The summed E-state index contributed by atoms with van der Waals surface area (Å²) in [6, 6.07) is 2.87. The fraction of sp³-hybridized carbons (Fsp3) is 0.417. The first-order chi connectivity index (χ1) is 17.3. The molecule has 1 fully saturated rings. The summed E-state index contributed by atoms with van der Waals surface area (Å²) in [6.45, 7) is 3.70. The summed E-state index contributed by atoms with van der Waals surface area (Å²) in [6.07, 6.45) is 0.238. The summed E-state index contributed by atoms with van der Waals surface area (Å²) in [7, 11) is -4.38. The van der Waals surface area contributed by atoms with E-state index in [1.807, 2.05) is 13.8 Å². The van der Waals surface area contributed by atoms with Gasteiger partial charge in [-0.05, 0) is 43.4 Å². The molecule has 202 valence electrons. The normalized spacial score (nSPS) is 16.0. The molecule has 0 unspecified atom stereocenters. The van der Waals surface area contributed by atoms with Gasteiger partial charge in [0.2, 0.25) is 10.0 Å². The fourth-order valence-electron chi connectivity index (χ4n) is 3.86. The van der Waals surface area contributed by atoms with Gasteiger partial charge in [0.05, 0.1) is 0 Å². The van der Waals surface area contributed by atoms with Gasteiger partial charge < -0.3 is 15.8 Å². The van der Waals surface area contributed by atoms with Crippen LogP contribution in [0.4, 0.5) is 23.2 Å². The minimum atomic E-state index is -4.38. The number of piperidine rings is 1. The maximum absolute atomic E-state index is 14.5. The van der Waals surface area contributed by atoms with Crippen molar-refractivity contribution in [3.05, 3.63) is 59.2 Å². The van der Waals surface area contributed by atoms with E-state index in [0.717, 1.165) is 22.5 Å². The summed E-state index contributed by atoms with van der Waals surface area (Å²) in [5, 5.41) is 2.11. The summed E-state index contributed by atoms with van der Waals surface area (Å²) in [5.74, 6) is -7.26. The van der Waals surface area contributed by atoms with Crippen molar-refractivity contribution in [3.8, 4) is 0 Å². The number of nitrogens with two attached hydrogens (primary N) is 1. The lowest BCUT2D eigenvalue weighted by atomic mass is 10.0. The number of nitrogens with zero attached hydrogens (tertiary/aromatic N) is 1. The van der Waals surface area contributed by atoms with Gasteiger partial charge in [-0.25, -0.2) is 26.0 Å². The highest BCUT2D eigenvalue weighted by atomic mass is 32.2. The molecule has 0 radical (unpaired) electrons. The number of benzene rings is 2. The maximum Gasteiger partial charge on any atom is 0.323 e. The van der Waals surface area contributed by atoms with Crippen LogP contribution in [-0.2, 0) is 19.6 Å². The number of hydrogen-bond acceptors (Lipinski definition) is 6. The lowest BCUT2D eigenvalue weighted by Crippen LogP contribution is -2.43. The average Bonchev–Trinajstić information content (AvgIpc) is 2.82. The van der Waals surface area contributed by atoms with Crippen molar-refractivity contribution in [3.63, 3.8) is 0 Å². The monoisotopic (exact) mass is 545 g/mol. The Kier molecular flexibility index (Phi) is 8.92. The van der Waals surface area contributed by atoms with Gasteiger partial charge in [0.25, 0.3) is 5.91 Å². The zero-order valence-corrected chi connectivity index (χ0v) is 21.0. The van der Waals surface area contributed by atoms with Gasteiger partial charge in [0, 0.05) is 36.5 Å². The lowest BCUT2D eigenvalue weighted by molar-refractivity contribution is -0.152. The van der Waals surface area contributed by atoms with Gasteiger partial charge >= 0.3 is 5.97 Å². The highest BCUT2D eigenvalue weighted by molar-refractivity contribution is 7.89. The third kappa shape index (κ3) is 6.84. The van der Waals surface area contributed by atoms with Crippen molar-refractivity contribution < 1.29 is 40.3 Å². The van der Waals surface area contributed by atoms with E-state index in [0.29, 0.717) is 18.6 Å². The van der Waals surface area contributed by atoms with Crippen molar-refractivity contribution in [2.45, 2.75) is 50.2 Å². The number of sulfonamides is 1. The van der Waals surface area contributed by atoms with Crippen LogP contribution in [0.5, 0.6) is 0 Å². The molecule has 1 saturated heterocycles. The number of carbonyl (C=O) groups is 2. The van der Waals surface area contributed by atoms with Crippen molar-refractivity contribution in [1.29, 1.82) is 0 Å². The number of nitrogens with one attached hydrogen (secondary N) is 1. The van der Waals surface area contributed by atoms with E-state index in [9.17, 15) is 35.6 Å². The molecule has 1 aliphatic rings. The fourth-order valence-corrected chi connectivity index (χ4v) is 5.42.